The van der Waals surface area contributed by atoms with E-state index in [0.717, 1.165) is 16.7 Å². The quantitative estimate of drug-likeness (QED) is 0.458. The Kier molecular flexibility index (Phi) is 2.74. The van der Waals surface area contributed by atoms with E-state index in [1.54, 1.807) is 12.4 Å². The van der Waals surface area contributed by atoms with Gasteiger partial charge in [0, 0.05) is 23.5 Å². The normalized spacial score (nSPS) is 10.7. The second-order valence-corrected chi connectivity index (χ2v) is 3.12. The number of hydrogen-bond acceptors (Lipinski definition) is 3. The fraction of sp³-hybridized carbons (Fsp3) is 0. The SMILES string of the molecule is ON=Cc1cncc(-c2ccccc2)c1. The first-order valence-corrected chi connectivity index (χ1v) is 4.58. The van der Waals surface area contributed by atoms with Gasteiger partial charge in [-0.3, -0.25) is 4.98 Å². The minimum absolute atomic E-state index is 0.777. The Bertz CT molecular complexity index is 466. The smallest absolute Gasteiger partial charge is 0.0749 e. The van der Waals surface area contributed by atoms with Gasteiger partial charge in [0.1, 0.15) is 0 Å². The summed E-state index contributed by atoms with van der Waals surface area (Å²) in [5.41, 5.74) is 2.88. The number of oxime groups is 1. The molecule has 1 aromatic carbocycles. The first kappa shape index (κ1) is 9.40. The number of nitrogens with zero attached hydrogens (tertiary/aromatic N) is 2. The van der Waals surface area contributed by atoms with Crippen molar-refractivity contribution in [2.45, 2.75) is 0 Å². The van der Waals surface area contributed by atoms with Gasteiger partial charge in [0.25, 0.3) is 0 Å². The van der Waals surface area contributed by atoms with Gasteiger partial charge in [-0.25, -0.2) is 0 Å². The Morgan fingerprint density at radius 3 is 2.60 bits per heavy atom. The lowest BCUT2D eigenvalue weighted by Crippen LogP contribution is -1.86. The number of rotatable bonds is 2. The van der Waals surface area contributed by atoms with Gasteiger partial charge in [0.15, 0.2) is 0 Å². The number of pyridine rings is 1. The lowest BCUT2D eigenvalue weighted by atomic mass is 10.1. The molecule has 0 aliphatic heterocycles. The van der Waals surface area contributed by atoms with E-state index in [2.05, 4.69) is 10.1 Å². The van der Waals surface area contributed by atoms with Crippen LogP contribution in [0, 0.1) is 0 Å². The van der Waals surface area contributed by atoms with Crippen molar-refractivity contribution in [3.63, 3.8) is 0 Å². The maximum atomic E-state index is 8.42. The topological polar surface area (TPSA) is 45.5 Å². The molecule has 0 bridgehead atoms. The molecule has 0 amide bonds. The van der Waals surface area contributed by atoms with Gasteiger partial charge in [-0.1, -0.05) is 35.5 Å². The Morgan fingerprint density at radius 1 is 1.07 bits per heavy atom. The third-order valence-electron chi connectivity index (χ3n) is 2.07. The Hall–Kier alpha value is -2.16. The van der Waals surface area contributed by atoms with E-state index in [4.69, 9.17) is 5.21 Å². The summed E-state index contributed by atoms with van der Waals surface area (Å²) in [6.07, 6.45) is 4.79. The van der Waals surface area contributed by atoms with Gasteiger partial charge < -0.3 is 5.21 Å². The first-order chi connectivity index (χ1) is 7.40. The van der Waals surface area contributed by atoms with Crippen LogP contribution in [0.15, 0.2) is 53.9 Å². The molecule has 2 rings (SSSR count). The van der Waals surface area contributed by atoms with Crippen molar-refractivity contribution in [2.24, 2.45) is 5.16 Å². The largest absolute Gasteiger partial charge is 0.411 e. The number of hydrogen-bond donors (Lipinski definition) is 1. The van der Waals surface area contributed by atoms with E-state index in [9.17, 15) is 0 Å². The van der Waals surface area contributed by atoms with Crippen LogP contribution in [0.4, 0.5) is 0 Å². The Labute approximate surface area is 87.7 Å². The molecule has 0 aliphatic rings. The molecule has 1 aromatic heterocycles. The molecule has 15 heavy (non-hydrogen) atoms. The van der Waals surface area contributed by atoms with Gasteiger partial charge >= 0.3 is 0 Å². The zero-order chi connectivity index (χ0) is 10.5. The van der Waals surface area contributed by atoms with E-state index >= 15 is 0 Å². The molecule has 1 heterocycles. The monoisotopic (exact) mass is 198 g/mol. The highest BCUT2D eigenvalue weighted by atomic mass is 16.4. The van der Waals surface area contributed by atoms with Gasteiger partial charge in [-0.15, -0.1) is 0 Å². The van der Waals surface area contributed by atoms with Crippen molar-refractivity contribution in [1.82, 2.24) is 4.98 Å². The van der Waals surface area contributed by atoms with Crippen LogP contribution >= 0.6 is 0 Å². The highest BCUT2D eigenvalue weighted by Gasteiger charge is 1.97. The lowest BCUT2D eigenvalue weighted by molar-refractivity contribution is 0.322. The zero-order valence-electron chi connectivity index (χ0n) is 8.04. The molecular weight excluding hydrogens is 188 g/mol. The van der Waals surface area contributed by atoms with Crippen LogP contribution in [0.1, 0.15) is 5.56 Å². The molecule has 0 fully saturated rings. The molecule has 0 aliphatic carbocycles. The van der Waals surface area contributed by atoms with Crippen LogP contribution in [-0.4, -0.2) is 16.4 Å². The fourth-order valence-electron chi connectivity index (χ4n) is 1.38. The molecule has 0 atom stereocenters. The van der Waals surface area contributed by atoms with Crippen LogP contribution in [0.25, 0.3) is 11.1 Å². The van der Waals surface area contributed by atoms with Gasteiger partial charge in [-0.05, 0) is 11.6 Å². The maximum absolute atomic E-state index is 8.42. The van der Waals surface area contributed by atoms with Crippen molar-refractivity contribution in [3.05, 3.63) is 54.4 Å². The van der Waals surface area contributed by atoms with Crippen molar-refractivity contribution in [2.75, 3.05) is 0 Å². The second kappa shape index (κ2) is 4.37. The summed E-state index contributed by atoms with van der Waals surface area (Å²) in [5.74, 6) is 0. The fourth-order valence-corrected chi connectivity index (χ4v) is 1.38. The standard InChI is InChI=1S/C12H10N2O/c15-14-8-10-6-12(9-13-7-10)11-4-2-1-3-5-11/h1-9,15H. The third kappa shape index (κ3) is 2.20. The zero-order valence-corrected chi connectivity index (χ0v) is 8.04. The molecule has 3 nitrogen and oxygen atoms in total. The van der Waals surface area contributed by atoms with Gasteiger partial charge in [-0.2, -0.15) is 0 Å². The predicted octanol–water partition coefficient (Wildman–Crippen LogP) is 2.56. The summed E-state index contributed by atoms with van der Waals surface area (Å²) < 4.78 is 0. The van der Waals surface area contributed by atoms with E-state index in [1.165, 1.54) is 6.21 Å². The molecule has 1 N–H and O–H groups in total. The van der Waals surface area contributed by atoms with Crippen LogP contribution in [0.3, 0.4) is 0 Å². The first-order valence-electron chi connectivity index (χ1n) is 4.58. The van der Waals surface area contributed by atoms with Crippen LogP contribution in [-0.2, 0) is 0 Å². The molecule has 0 saturated heterocycles. The summed E-state index contributed by atoms with van der Waals surface area (Å²) in [4.78, 5) is 4.08. The summed E-state index contributed by atoms with van der Waals surface area (Å²) in [6, 6.07) is 11.9. The minimum Gasteiger partial charge on any atom is -0.411 e. The molecule has 0 unspecified atom stereocenters. The summed E-state index contributed by atoms with van der Waals surface area (Å²) >= 11 is 0. The average Bonchev–Trinajstić information content (AvgIpc) is 2.31. The predicted molar refractivity (Wildman–Crippen MR) is 59.1 cm³/mol. The maximum Gasteiger partial charge on any atom is 0.0749 e. The van der Waals surface area contributed by atoms with E-state index in [-0.39, 0.29) is 0 Å². The lowest BCUT2D eigenvalue weighted by Gasteiger charge is -2.00. The molecule has 3 heteroatoms. The highest BCUT2D eigenvalue weighted by molar-refractivity contribution is 5.81. The summed E-state index contributed by atoms with van der Waals surface area (Å²) in [5, 5.41) is 11.4. The molecule has 0 spiro atoms. The Morgan fingerprint density at radius 2 is 1.87 bits per heavy atom. The number of aromatic nitrogens is 1. The van der Waals surface area contributed by atoms with Crippen LogP contribution < -0.4 is 0 Å². The molecule has 2 aromatic rings. The average molecular weight is 198 g/mol. The van der Waals surface area contributed by atoms with Crippen LogP contribution in [0.5, 0.6) is 0 Å². The van der Waals surface area contributed by atoms with E-state index in [1.807, 2.05) is 36.4 Å². The second-order valence-electron chi connectivity index (χ2n) is 3.12. The van der Waals surface area contributed by atoms with E-state index < -0.39 is 0 Å². The molecule has 74 valence electrons. The van der Waals surface area contributed by atoms with Crippen molar-refractivity contribution in [1.29, 1.82) is 0 Å². The highest BCUT2D eigenvalue weighted by Crippen LogP contribution is 2.17. The third-order valence-corrected chi connectivity index (χ3v) is 2.07. The summed E-state index contributed by atoms with van der Waals surface area (Å²) in [7, 11) is 0. The van der Waals surface area contributed by atoms with Crippen molar-refractivity contribution >= 4 is 6.21 Å². The van der Waals surface area contributed by atoms with Crippen molar-refractivity contribution in [3.8, 4) is 11.1 Å². The Balaban J connectivity index is 2.41. The molecule has 0 radical (unpaired) electrons. The summed E-state index contributed by atoms with van der Waals surface area (Å²) in [6.45, 7) is 0. The van der Waals surface area contributed by atoms with Crippen LogP contribution in [0.2, 0.25) is 0 Å². The minimum atomic E-state index is 0.777. The molecular formula is C12H10N2O. The number of benzene rings is 1. The van der Waals surface area contributed by atoms with Gasteiger partial charge in [0.05, 0.1) is 6.21 Å². The van der Waals surface area contributed by atoms with Crippen molar-refractivity contribution < 1.29 is 5.21 Å². The molecule has 0 saturated carbocycles. The van der Waals surface area contributed by atoms with E-state index in [0.29, 0.717) is 0 Å². The van der Waals surface area contributed by atoms with Gasteiger partial charge in [0.2, 0.25) is 0 Å².